The minimum atomic E-state index is -4.53. The molecule has 0 spiro atoms. The topological polar surface area (TPSA) is 102 Å². The zero-order valence-corrected chi connectivity index (χ0v) is 16.6. The molecule has 0 radical (unpaired) electrons. The van der Waals surface area contributed by atoms with Crippen LogP contribution in [-0.4, -0.2) is 49.6 Å². The van der Waals surface area contributed by atoms with Gasteiger partial charge in [0.15, 0.2) is 0 Å². The van der Waals surface area contributed by atoms with Crippen molar-refractivity contribution >= 4 is 22.8 Å². The highest BCUT2D eigenvalue weighted by Gasteiger charge is 2.31. The summed E-state index contributed by atoms with van der Waals surface area (Å²) in [6.07, 6.45) is -1.83. The van der Waals surface area contributed by atoms with Gasteiger partial charge in [-0.1, -0.05) is 0 Å². The maximum Gasteiger partial charge on any atom is 0.447 e. The lowest BCUT2D eigenvalue weighted by Gasteiger charge is -2.17. The van der Waals surface area contributed by atoms with E-state index < -0.39 is 23.4 Å². The van der Waals surface area contributed by atoms with Crippen LogP contribution >= 0.6 is 0 Å². The quantitative estimate of drug-likeness (QED) is 0.610. The lowest BCUT2D eigenvalue weighted by molar-refractivity contribution is -0.137. The first-order chi connectivity index (χ1) is 15.2. The van der Waals surface area contributed by atoms with Gasteiger partial charge in [-0.2, -0.15) is 13.2 Å². The molecule has 1 atom stereocenters. The van der Waals surface area contributed by atoms with Crippen LogP contribution in [0.1, 0.15) is 12.0 Å². The van der Waals surface area contributed by atoms with Crippen LogP contribution in [0.4, 0.5) is 28.3 Å². The van der Waals surface area contributed by atoms with Crippen LogP contribution in [0.2, 0.25) is 0 Å². The Balaban J connectivity index is 1.73. The zero-order valence-electron chi connectivity index (χ0n) is 16.6. The van der Waals surface area contributed by atoms with Gasteiger partial charge >= 0.3 is 12.3 Å². The summed E-state index contributed by atoms with van der Waals surface area (Å²) < 4.78 is 51.9. The third-order valence-corrected chi connectivity index (χ3v) is 5.17. The number of hydrogen-bond acceptors (Lipinski definition) is 7. The fraction of sp³-hybridized carbons (Fsp3) is 0.316. The number of nitrogens with one attached hydrogen (secondary N) is 1. The number of likely N-dealkylation sites (tertiary alicyclic amines) is 1. The number of nitrogens with zero attached hydrogens (tertiary/aromatic N) is 5. The number of fused-ring (bicyclic) bond motifs is 1. The van der Waals surface area contributed by atoms with E-state index in [4.69, 9.17) is 0 Å². The summed E-state index contributed by atoms with van der Waals surface area (Å²) in [5, 5.41) is 3.17. The Kier molecular flexibility index (Phi) is 5.40. The predicted molar refractivity (Wildman–Crippen MR) is 104 cm³/mol. The van der Waals surface area contributed by atoms with Gasteiger partial charge in [0.1, 0.15) is 11.2 Å². The monoisotopic (exact) mass is 452 g/mol. The molecule has 0 bridgehead atoms. The number of amides is 1. The van der Waals surface area contributed by atoms with Crippen molar-refractivity contribution in [1.82, 2.24) is 24.4 Å². The van der Waals surface area contributed by atoms with E-state index in [1.807, 2.05) is 0 Å². The van der Waals surface area contributed by atoms with Crippen molar-refractivity contribution in [3.05, 3.63) is 46.8 Å². The lowest BCUT2D eigenvalue weighted by atomic mass is 10.1. The smallest absolute Gasteiger partial charge is 0.365 e. The Morgan fingerprint density at radius 1 is 1.22 bits per heavy atom. The van der Waals surface area contributed by atoms with Gasteiger partial charge in [0.2, 0.25) is 0 Å². The maximum atomic E-state index is 12.9. The van der Waals surface area contributed by atoms with E-state index >= 15 is 0 Å². The molecule has 168 valence electrons. The minimum absolute atomic E-state index is 0.112. The van der Waals surface area contributed by atoms with Gasteiger partial charge in [-0.25, -0.2) is 19.7 Å². The summed E-state index contributed by atoms with van der Waals surface area (Å²) in [6, 6.07) is 1.74. The predicted octanol–water partition coefficient (Wildman–Crippen LogP) is 2.92. The summed E-state index contributed by atoms with van der Waals surface area (Å²) in [5.41, 5.74) is -0.683. The molecule has 3 aromatic heterocycles. The number of halogens is 4. The summed E-state index contributed by atoms with van der Waals surface area (Å²) in [4.78, 5) is 41.0. The highest BCUT2D eigenvalue weighted by molar-refractivity contribution is 5.97. The van der Waals surface area contributed by atoms with Gasteiger partial charge in [0, 0.05) is 48.7 Å². The van der Waals surface area contributed by atoms with E-state index in [1.165, 1.54) is 30.2 Å². The van der Waals surface area contributed by atoms with Crippen molar-refractivity contribution in [2.24, 2.45) is 7.05 Å². The van der Waals surface area contributed by atoms with Crippen molar-refractivity contribution in [2.45, 2.75) is 18.6 Å². The normalized spacial score (nSPS) is 16.4. The molecular formula is C19H16F4N6O3. The number of anilines is 1. The number of carbonyl (C=O) groups excluding carboxylic acids is 1. The average Bonchev–Trinajstić information content (AvgIpc) is 3.24. The van der Waals surface area contributed by atoms with E-state index in [9.17, 15) is 27.3 Å². The molecule has 0 saturated carbocycles. The first-order valence-corrected chi connectivity index (χ1v) is 9.41. The summed E-state index contributed by atoms with van der Waals surface area (Å²) in [6.45, 7) is 0.386. The van der Waals surface area contributed by atoms with Crippen LogP contribution in [0.15, 0.2) is 35.6 Å². The second kappa shape index (κ2) is 8.05. The van der Waals surface area contributed by atoms with Crippen LogP contribution in [0.25, 0.3) is 22.2 Å². The molecule has 0 unspecified atom stereocenters. The number of aryl methyl sites for hydroxylation is 1. The van der Waals surface area contributed by atoms with E-state index in [2.05, 4.69) is 25.2 Å². The van der Waals surface area contributed by atoms with Gasteiger partial charge in [0.25, 0.3) is 5.56 Å². The van der Waals surface area contributed by atoms with Gasteiger partial charge in [-0.15, -0.1) is 0 Å². The van der Waals surface area contributed by atoms with Crippen molar-refractivity contribution < 1.29 is 27.4 Å². The molecule has 9 nitrogen and oxygen atoms in total. The van der Waals surface area contributed by atoms with Gasteiger partial charge in [-0.3, -0.25) is 9.78 Å². The molecule has 0 aliphatic carbocycles. The highest BCUT2D eigenvalue weighted by Crippen LogP contribution is 2.32. The molecule has 1 fully saturated rings. The number of rotatable bonds is 3. The summed E-state index contributed by atoms with van der Waals surface area (Å²) >= 11 is 0. The molecular weight excluding hydrogens is 436 g/mol. The Labute approximate surface area is 177 Å². The maximum absolute atomic E-state index is 12.9. The van der Waals surface area contributed by atoms with Crippen LogP contribution < -0.4 is 10.9 Å². The first-order valence-electron chi connectivity index (χ1n) is 9.41. The SMILES string of the molecule is Cn1cnc2c(-c3ccc(C(F)(F)F)cn3)cnc(N[C@H]3CCN(C(=O)OF)C3)c2c1=O. The standard InChI is InChI=1S/C19H16F4N6O3/c1-28-9-26-15-12(13-3-2-10(6-24-13)19(20,21)22)7-25-16(14(15)17(28)30)27-11-4-5-29(8-11)18(31)32-23/h2-3,6-7,9,11H,4-5,8H2,1H3,(H,25,27)/t11-/m0/s1. The van der Waals surface area contributed by atoms with Gasteiger partial charge in [0.05, 0.1) is 23.1 Å². The van der Waals surface area contributed by atoms with Crippen LogP contribution in [0.5, 0.6) is 0 Å². The lowest BCUT2D eigenvalue weighted by Crippen LogP contribution is -2.31. The van der Waals surface area contributed by atoms with Gasteiger partial charge < -0.3 is 14.8 Å². The highest BCUT2D eigenvalue weighted by atomic mass is 19.4. The Bertz CT molecular complexity index is 1230. The number of hydrogen-bond donors (Lipinski definition) is 1. The molecule has 4 rings (SSSR count). The van der Waals surface area contributed by atoms with Crippen molar-refractivity contribution in [2.75, 3.05) is 18.4 Å². The molecule has 32 heavy (non-hydrogen) atoms. The molecule has 1 saturated heterocycles. The molecule has 1 aliphatic rings. The zero-order chi connectivity index (χ0) is 23.0. The van der Waals surface area contributed by atoms with E-state index in [1.54, 1.807) is 0 Å². The number of alkyl halides is 3. The molecule has 4 heterocycles. The largest absolute Gasteiger partial charge is 0.447 e. The molecule has 1 amide bonds. The molecule has 1 aliphatic heterocycles. The van der Waals surface area contributed by atoms with Crippen LogP contribution in [0, 0.1) is 0 Å². The van der Waals surface area contributed by atoms with Crippen molar-refractivity contribution in [3.63, 3.8) is 0 Å². The van der Waals surface area contributed by atoms with Crippen molar-refractivity contribution in [1.29, 1.82) is 0 Å². The number of pyridine rings is 2. The fourth-order valence-electron chi connectivity index (χ4n) is 3.52. The number of aromatic nitrogens is 4. The van der Waals surface area contributed by atoms with Gasteiger partial charge in [-0.05, 0) is 18.6 Å². The Morgan fingerprint density at radius 3 is 2.66 bits per heavy atom. The number of carbonyl (C=O) groups is 1. The van der Waals surface area contributed by atoms with E-state index in [0.717, 1.165) is 11.0 Å². The third-order valence-electron chi connectivity index (χ3n) is 5.17. The molecule has 3 aromatic rings. The Morgan fingerprint density at radius 2 is 2.00 bits per heavy atom. The molecule has 1 N–H and O–H groups in total. The Hall–Kier alpha value is -3.77. The fourth-order valence-corrected chi connectivity index (χ4v) is 3.52. The van der Waals surface area contributed by atoms with Crippen LogP contribution in [0.3, 0.4) is 0 Å². The van der Waals surface area contributed by atoms with Crippen molar-refractivity contribution in [3.8, 4) is 11.3 Å². The average molecular weight is 452 g/mol. The van der Waals surface area contributed by atoms with E-state index in [-0.39, 0.29) is 47.1 Å². The second-order valence-electron chi connectivity index (χ2n) is 7.25. The summed E-state index contributed by atoms with van der Waals surface area (Å²) in [5.74, 6) is 0.185. The third kappa shape index (κ3) is 3.92. The molecule has 13 heteroatoms. The van der Waals surface area contributed by atoms with E-state index in [0.29, 0.717) is 12.6 Å². The molecule has 0 aromatic carbocycles. The summed E-state index contributed by atoms with van der Waals surface area (Å²) in [7, 11) is 1.50. The second-order valence-corrected chi connectivity index (χ2v) is 7.25. The first kappa shape index (κ1) is 21.5. The van der Waals surface area contributed by atoms with Crippen LogP contribution in [-0.2, 0) is 18.2 Å². The minimum Gasteiger partial charge on any atom is -0.365 e.